The van der Waals surface area contributed by atoms with E-state index < -0.39 is 0 Å². The van der Waals surface area contributed by atoms with Gasteiger partial charge in [-0.3, -0.25) is 0 Å². The standard InChI is InChI=1S/C19H22N4O3/c1-14-22-18(12-19(23-14)21-13-17-4-3-10-25-17)20-9-11-26-16-7-5-15(24-2)6-8-16/h3-8,10,12H,9,11,13H2,1-2H3,(H2,20,21,22,23). The van der Waals surface area contributed by atoms with Crippen LogP contribution in [0.15, 0.2) is 53.1 Å². The predicted molar refractivity (Wildman–Crippen MR) is 99.8 cm³/mol. The second-order valence-electron chi connectivity index (χ2n) is 5.57. The summed E-state index contributed by atoms with van der Waals surface area (Å²) in [6, 6.07) is 13.1. The van der Waals surface area contributed by atoms with Crippen molar-refractivity contribution in [2.24, 2.45) is 0 Å². The molecule has 0 unspecified atom stereocenters. The highest BCUT2D eigenvalue weighted by atomic mass is 16.5. The number of rotatable bonds is 9. The van der Waals surface area contributed by atoms with E-state index in [0.717, 1.165) is 28.9 Å². The van der Waals surface area contributed by atoms with Crippen LogP contribution in [0.25, 0.3) is 0 Å². The maximum absolute atomic E-state index is 5.69. The molecule has 136 valence electrons. The Labute approximate surface area is 152 Å². The lowest BCUT2D eigenvalue weighted by Crippen LogP contribution is -2.13. The van der Waals surface area contributed by atoms with Gasteiger partial charge in [0, 0.05) is 6.07 Å². The van der Waals surface area contributed by atoms with Gasteiger partial charge in [-0.1, -0.05) is 0 Å². The quantitative estimate of drug-likeness (QED) is 0.569. The summed E-state index contributed by atoms with van der Waals surface area (Å²) in [4.78, 5) is 8.77. The van der Waals surface area contributed by atoms with Crippen LogP contribution in [0.2, 0.25) is 0 Å². The Kier molecular flexibility index (Phi) is 5.92. The number of benzene rings is 1. The summed E-state index contributed by atoms with van der Waals surface area (Å²) in [5, 5.41) is 6.48. The first-order chi connectivity index (χ1) is 12.7. The molecule has 0 spiro atoms. The van der Waals surface area contributed by atoms with Gasteiger partial charge in [0.15, 0.2) is 0 Å². The number of nitrogens with zero attached hydrogens (tertiary/aromatic N) is 2. The molecule has 0 amide bonds. The summed E-state index contributed by atoms with van der Waals surface area (Å²) in [7, 11) is 1.64. The van der Waals surface area contributed by atoms with Crippen molar-refractivity contribution in [1.29, 1.82) is 0 Å². The van der Waals surface area contributed by atoms with E-state index >= 15 is 0 Å². The summed E-state index contributed by atoms with van der Waals surface area (Å²) in [6.45, 7) is 3.57. The molecule has 7 nitrogen and oxygen atoms in total. The number of aromatic nitrogens is 2. The number of hydrogen-bond donors (Lipinski definition) is 2. The number of aryl methyl sites for hydroxylation is 1. The molecule has 1 aromatic carbocycles. The lowest BCUT2D eigenvalue weighted by Gasteiger charge is -2.11. The van der Waals surface area contributed by atoms with Gasteiger partial charge in [0.1, 0.15) is 41.3 Å². The summed E-state index contributed by atoms with van der Waals surface area (Å²) >= 11 is 0. The predicted octanol–water partition coefficient (Wildman–Crippen LogP) is 3.49. The van der Waals surface area contributed by atoms with E-state index in [0.29, 0.717) is 25.5 Å². The van der Waals surface area contributed by atoms with Gasteiger partial charge in [-0.05, 0) is 43.3 Å². The molecule has 2 aromatic heterocycles. The summed E-state index contributed by atoms with van der Waals surface area (Å²) < 4.78 is 16.1. The summed E-state index contributed by atoms with van der Waals surface area (Å²) in [5.74, 6) is 4.63. The number of hydrogen-bond acceptors (Lipinski definition) is 7. The normalized spacial score (nSPS) is 10.4. The van der Waals surface area contributed by atoms with Crippen LogP contribution in [0.3, 0.4) is 0 Å². The molecule has 0 aliphatic rings. The van der Waals surface area contributed by atoms with E-state index in [1.54, 1.807) is 13.4 Å². The Morgan fingerprint density at radius 1 is 1.00 bits per heavy atom. The number of methoxy groups -OCH3 is 1. The lowest BCUT2D eigenvalue weighted by molar-refractivity contribution is 0.331. The van der Waals surface area contributed by atoms with Gasteiger partial charge in [-0.2, -0.15) is 0 Å². The Hall–Kier alpha value is -3.22. The molecule has 0 aliphatic heterocycles. The van der Waals surface area contributed by atoms with Gasteiger partial charge in [-0.15, -0.1) is 0 Å². The molecular weight excluding hydrogens is 332 g/mol. The van der Waals surface area contributed by atoms with Gasteiger partial charge < -0.3 is 24.5 Å². The van der Waals surface area contributed by atoms with Crippen LogP contribution in [0, 0.1) is 6.92 Å². The van der Waals surface area contributed by atoms with Gasteiger partial charge in [0.2, 0.25) is 0 Å². The van der Waals surface area contributed by atoms with E-state index in [2.05, 4.69) is 20.6 Å². The van der Waals surface area contributed by atoms with E-state index in [1.165, 1.54) is 0 Å². The SMILES string of the molecule is COc1ccc(OCCNc2cc(NCc3ccco3)nc(C)n2)cc1. The molecule has 26 heavy (non-hydrogen) atoms. The van der Waals surface area contributed by atoms with Gasteiger partial charge in [0.05, 0.1) is 26.5 Å². The van der Waals surface area contributed by atoms with Gasteiger partial charge in [0.25, 0.3) is 0 Å². The van der Waals surface area contributed by atoms with E-state index in [-0.39, 0.29) is 0 Å². The van der Waals surface area contributed by atoms with Crippen LogP contribution in [0.4, 0.5) is 11.6 Å². The van der Waals surface area contributed by atoms with Gasteiger partial charge >= 0.3 is 0 Å². The molecule has 2 heterocycles. The molecule has 7 heteroatoms. The Morgan fingerprint density at radius 2 is 1.73 bits per heavy atom. The van der Waals surface area contributed by atoms with Crippen molar-refractivity contribution >= 4 is 11.6 Å². The fraction of sp³-hybridized carbons (Fsp3) is 0.263. The largest absolute Gasteiger partial charge is 0.497 e. The van der Waals surface area contributed by atoms with Crippen LogP contribution in [-0.2, 0) is 6.54 Å². The topological polar surface area (TPSA) is 81.4 Å². The monoisotopic (exact) mass is 354 g/mol. The van der Waals surface area contributed by atoms with Crippen LogP contribution in [0.1, 0.15) is 11.6 Å². The highest BCUT2D eigenvalue weighted by Crippen LogP contribution is 2.17. The van der Waals surface area contributed by atoms with Crippen LogP contribution >= 0.6 is 0 Å². The lowest BCUT2D eigenvalue weighted by atomic mass is 10.3. The van der Waals surface area contributed by atoms with Crippen molar-refractivity contribution in [2.75, 3.05) is 30.9 Å². The summed E-state index contributed by atoms with van der Waals surface area (Å²) in [5.41, 5.74) is 0. The van der Waals surface area contributed by atoms with Crippen LogP contribution in [0.5, 0.6) is 11.5 Å². The molecule has 3 rings (SSSR count). The average Bonchev–Trinajstić information content (AvgIpc) is 3.17. The van der Waals surface area contributed by atoms with E-state index in [1.807, 2.05) is 49.4 Å². The third kappa shape index (κ3) is 5.14. The van der Waals surface area contributed by atoms with Crippen molar-refractivity contribution in [1.82, 2.24) is 9.97 Å². The second-order valence-corrected chi connectivity index (χ2v) is 5.57. The number of anilines is 2. The number of nitrogens with one attached hydrogen (secondary N) is 2. The van der Waals surface area contributed by atoms with Crippen LogP contribution < -0.4 is 20.1 Å². The maximum atomic E-state index is 5.69. The minimum absolute atomic E-state index is 0.518. The van der Waals surface area contributed by atoms with Crippen molar-refractivity contribution in [2.45, 2.75) is 13.5 Å². The third-order valence-electron chi connectivity index (χ3n) is 3.60. The fourth-order valence-corrected chi connectivity index (χ4v) is 2.36. The molecule has 0 saturated heterocycles. The van der Waals surface area contributed by atoms with E-state index in [9.17, 15) is 0 Å². The molecule has 0 radical (unpaired) electrons. The molecule has 0 bridgehead atoms. The average molecular weight is 354 g/mol. The zero-order chi connectivity index (χ0) is 18.2. The minimum Gasteiger partial charge on any atom is -0.497 e. The van der Waals surface area contributed by atoms with Gasteiger partial charge in [-0.25, -0.2) is 9.97 Å². The molecule has 0 atom stereocenters. The summed E-state index contributed by atoms with van der Waals surface area (Å²) in [6.07, 6.45) is 1.65. The minimum atomic E-state index is 0.518. The zero-order valence-electron chi connectivity index (χ0n) is 14.9. The highest BCUT2D eigenvalue weighted by Gasteiger charge is 2.03. The molecule has 0 fully saturated rings. The third-order valence-corrected chi connectivity index (χ3v) is 3.60. The molecule has 0 saturated carbocycles. The molecule has 2 N–H and O–H groups in total. The smallest absolute Gasteiger partial charge is 0.132 e. The number of furan rings is 1. The number of ether oxygens (including phenoxy) is 2. The molecule has 0 aliphatic carbocycles. The first kappa shape index (κ1) is 17.6. The van der Waals surface area contributed by atoms with E-state index in [4.69, 9.17) is 13.9 Å². The molecular formula is C19H22N4O3. The maximum Gasteiger partial charge on any atom is 0.132 e. The zero-order valence-corrected chi connectivity index (χ0v) is 14.9. The second kappa shape index (κ2) is 8.75. The Balaban J connectivity index is 1.47. The fourth-order valence-electron chi connectivity index (χ4n) is 2.36. The first-order valence-electron chi connectivity index (χ1n) is 8.35. The first-order valence-corrected chi connectivity index (χ1v) is 8.35. The van der Waals surface area contributed by atoms with Crippen molar-refractivity contribution in [3.05, 3.63) is 60.3 Å². The Morgan fingerprint density at radius 3 is 2.42 bits per heavy atom. The van der Waals surface area contributed by atoms with Crippen molar-refractivity contribution in [3.8, 4) is 11.5 Å². The van der Waals surface area contributed by atoms with Crippen molar-refractivity contribution in [3.63, 3.8) is 0 Å². The Bertz CT molecular complexity index is 804. The van der Waals surface area contributed by atoms with Crippen molar-refractivity contribution < 1.29 is 13.9 Å². The highest BCUT2D eigenvalue weighted by molar-refractivity contribution is 5.47. The van der Waals surface area contributed by atoms with Crippen LogP contribution in [-0.4, -0.2) is 30.2 Å². The molecule has 3 aromatic rings.